The molecule has 2 aromatic carbocycles. The predicted molar refractivity (Wildman–Crippen MR) is 113 cm³/mol. The summed E-state index contributed by atoms with van der Waals surface area (Å²) in [6, 6.07) is 15.2. The summed E-state index contributed by atoms with van der Waals surface area (Å²) >= 11 is 6.84. The number of rotatable bonds is 5. The van der Waals surface area contributed by atoms with Crippen molar-refractivity contribution in [2.75, 3.05) is 10.6 Å². The van der Waals surface area contributed by atoms with Gasteiger partial charge < -0.3 is 15.2 Å². The van der Waals surface area contributed by atoms with E-state index in [4.69, 9.17) is 12.2 Å². The van der Waals surface area contributed by atoms with E-state index < -0.39 is 0 Å². The Balaban J connectivity index is 1.77. The van der Waals surface area contributed by atoms with E-state index >= 15 is 0 Å². The summed E-state index contributed by atoms with van der Waals surface area (Å²) in [5.41, 5.74) is 4.37. The van der Waals surface area contributed by atoms with Crippen molar-refractivity contribution in [1.82, 2.24) is 4.57 Å². The molecule has 2 N–H and O–H groups in total. The Kier molecular flexibility index (Phi) is 5.83. The molecule has 0 radical (unpaired) electrons. The maximum atomic E-state index is 12.5. The number of amides is 2. The highest BCUT2D eigenvalue weighted by molar-refractivity contribution is 7.73. The number of hydrogen-bond donors (Lipinski definition) is 2. The molecule has 1 aromatic heterocycles. The quantitative estimate of drug-likeness (QED) is 0.605. The third kappa shape index (κ3) is 4.90. The van der Waals surface area contributed by atoms with Crippen molar-refractivity contribution in [2.24, 2.45) is 0 Å². The smallest absolute Gasteiger partial charge is 0.244 e. The van der Waals surface area contributed by atoms with Crippen molar-refractivity contribution >= 4 is 46.7 Å². The van der Waals surface area contributed by atoms with Crippen LogP contribution in [-0.4, -0.2) is 16.4 Å². The molecule has 3 aromatic rings. The molecule has 0 aliphatic carbocycles. The van der Waals surface area contributed by atoms with Gasteiger partial charge in [0.2, 0.25) is 11.8 Å². The van der Waals surface area contributed by atoms with Gasteiger partial charge >= 0.3 is 0 Å². The van der Waals surface area contributed by atoms with Crippen LogP contribution >= 0.6 is 23.6 Å². The van der Waals surface area contributed by atoms with Gasteiger partial charge in [0, 0.05) is 23.7 Å². The zero-order chi connectivity index (χ0) is 19.4. The lowest BCUT2D eigenvalue weighted by molar-refractivity contribution is -0.116. The lowest BCUT2D eigenvalue weighted by Gasteiger charge is -2.11. The monoisotopic (exact) mass is 397 g/mol. The van der Waals surface area contributed by atoms with Crippen molar-refractivity contribution in [2.45, 2.75) is 20.4 Å². The first-order valence-electron chi connectivity index (χ1n) is 8.35. The summed E-state index contributed by atoms with van der Waals surface area (Å²) in [5.74, 6) is -0.344. The first kappa shape index (κ1) is 19.0. The third-order valence-corrected chi connectivity index (χ3v) is 5.17. The average Bonchev–Trinajstić information content (AvgIpc) is 2.96. The van der Waals surface area contributed by atoms with Gasteiger partial charge in [0.25, 0.3) is 0 Å². The number of benzene rings is 2. The molecule has 0 aliphatic heterocycles. The highest BCUT2D eigenvalue weighted by atomic mass is 32.1. The number of aryl methyl sites for hydroxylation is 1. The van der Waals surface area contributed by atoms with Crippen LogP contribution in [0.3, 0.4) is 0 Å². The van der Waals surface area contributed by atoms with Crippen LogP contribution in [0.15, 0.2) is 53.9 Å². The van der Waals surface area contributed by atoms with Crippen LogP contribution in [0.4, 0.5) is 11.4 Å². The molecule has 1 heterocycles. The van der Waals surface area contributed by atoms with Crippen molar-refractivity contribution in [3.05, 3.63) is 63.4 Å². The summed E-state index contributed by atoms with van der Waals surface area (Å²) in [7, 11) is 0. The normalized spacial score (nSPS) is 10.4. The minimum absolute atomic E-state index is 0.121. The second kappa shape index (κ2) is 8.28. The zero-order valence-corrected chi connectivity index (χ0v) is 16.6. The fourth-order valence-corrected chi connectivity index (χ4v) is 3.72. The molecule has 0 aliphatic rings. The highest BCUT2D eigenvalue weighted by Crippen LogP contribution is 2.24. The molecule has 0 fully saturated rings. The van der Waals surface area contributed by atoms with Crippen LogP contribution in [0.1, 0.15) is 12.5 Å². The maximum absolute atomic E-state index is 12.5. The summed E-state index contributed by atoms with van der Waals surface area (Å²) in [4.78, 5) is 23.7. The molecule has 0 saturated heterocycles. The molecule has 0 atom stereocenters. The third-order valence-electron chi connectivity index (χ3n) is 3.90. The maximum Gasteiger partial charge on any atom is 0.244 e. The van der Waals surface area contributed by atoms with Crippen molar-refractivity contribution in [1.29, 1.82) is 0 Å². The lowest BCUT2D eigenvalue weighted by atomic mass is 10.1. The van der Waals surface area contributed by atoms with Crippen LogP contribution in [0.5, 0.6) is 0 Å². The van der Waals surface area contributed by atoms with Crippen LogP contribution in [0, 0.1) is 10.9 Å². The Bertz CT molecular complexity index is 1040. The number of aromatic nitrogens is 1. The fraction of sp³-hybridized carbons (Fsp3) is 0.150. The largest absolute Gasteiger partial charge is 0.326 e. The van der Waals surface area contributed by atoms with E-state index in [9.17, 15) is 9.59 Å². The Hall–Kier alpha value is -2.77. The molecule has 0 saturated carbocycles. The van der Waals surface area contributed by atoms with E-state index in [1.54, 1.807) is 24.3 Å². The minimum Gasteiger partial charge on any atom is -0.326 e. The van der Waals surface area contributed by atoms with Crippen LogP contribution in [-0.2, 0) is 16.1 Å². The summed E-state index contributed by atoms with van der Waals surface area (Å²) in [6.07, 6.45) is 0. The standard InChI is InChI=1S/C20H19N3O2S2/c1-13-6-8-15(9-7-13)18-12-27-20(26)23(18)11-19(25)22-17-5-3-4-16(10-17)21-14(2)24/h3-10,12H,11H2,1-2H3,(H,21,24)(H,22,25). The topological polar surface area (TPSA) is 63.1 Å². The van der Waals surface area contributed by atoms with Gasteiger partial charge in [-0.25, -0.2) is 0 Å². The molecule has 2 amide bonds. The number of hydrogen-bond acceptors (Lipinski definition) is 4. The highest BCUT2D eigenvalue weighted by Gasteiger charge is 2.11. The Morgan fingerprint density at radius 3 is 2.41 bits per heavy atom. The molecule has 5 nitrogen and oxygen atoms in total. The molecule has 0 bridgehead atoms. The fourth-order valence-electron chi connectivity index (χ4n) is 2.65. The SMILES string of the molecule is CC(=O)Nc1cccc(NC(=O)Cn2c(-c3ccc(C)cc3)csc2=S)c1. The number of anilines is 2. The summed E-state index contributed by atoms with van der Waals surface area (Å²) < 4.78 is 2.48. The van der Waals surface area contributed by atoms with Crippen molar-refractivity contribution in [3.8, 4) is 11.3 Å². The van der Waals surface area contributed by atoms with Crippen molar-refractivity contribution < 1.29 is 9.59 Å². The second-order valence-electron chi connectivity index (χ2n) is 6.15. The molecule has 138 valence electrons. The van der Waals surface area contributed by atoms with E-state index in [1.165, 1.54) is 23.8 Å². The minimum atomic E-state index is -0.183. The van der Waals surface area contributed by atoms with Gasteiger partial charge in [0.15, 0.2) is 3.95 Å². The molecule has 0 spiro atoms. The van der Waals surface area contributed by atoms with Gasteiger partial charge in [0.05, 0.1) is 5.69 Å². The average molecular weight is 398 g/mol. The van der Waals surface area contributed by atoms with E-state index in [0.717, 1.165) is 11.3 Å². The number of carbonyl (C=O) groups is 2. The van der Waals surface area contributed by atoms with E-state index in [0.29, 0.717) is 15.3 Å². The van der Waals surface area contributed by atoms with Gasteiger partial charge in [-0.15, -0.1) is 11.3 Å². The Morgan fingerprint density at radius 2 is 1.74 bits per heavy atom. The van der Waals surface area contributed by atoms with Gasteiger partial charge in [0.1, 0.15) is 6.54 Å². The summed E-state index contributed by atoms with van der Waals surface area (Å²) in [5, 5.41) is 7.52. The molecular formula is C20H19N3O2S2. The van der Waals surface area contributed by atoms with Crippen LogP contribution in [0.2, 0.25) is 0 Å². The number of thiazole rings is 1. The van der Waals surface area contributed by atoms with Crippen LogP contribution < -0.4 is 10.6 Å². The predicted octanol–water partition coefficient (Wildman–Crippen LogP) is 4.85. The molecule has 27 heavy (non-hydrogen) atoms. The first-order chi connectivity index (χ1) is 12.9. The number of carbonyl (C=O) groups excluding carboxylic acids is 2. The van der Waals surface area contributed by atoms with Crippen LogP contribution in [0.25, 0.3) is 11.3 Å². The van der Waals surface area contributed by atoms with Gasteiger partial charge in [-0.3, -0.25) is 9.59 Å². The Labute approximate surface area is 166 Å². The van der Waals surface area contributed by atoms with E-state index in [-0.39, 0.29) is 18.4 Å². The zero-order valence-electron chi connectivity index (χ0n) is 15.0. The Morgan fingerprint density at radius 1 is 1.07 bits per heavy atom. The van der Waals surface area contributed by atoms with E-state index in [1.807, 2.05) is 41.1 Å². The summed E-state index contributed by atoms with van der Waals surface area (Å²) in [6.45, 7) is 3.60. The first-order valence-corrected chi connectivity index (χ1v) is 9.64. The van der Waals surface area contributed by atoms with Crippen molar-refractivity contribution in [3.63, 3.8) is 0 Å². The molecule has 7 heteroatoms. The molecular weight excluding hydrogens is 378 g/mol. The number of nitrogens with zero attached hydrogens (tertiary/aromatic N) is 1. The second-order valence-corrected chi connectivity index (χ2v) is 7.65. The molecule has 3 rings (SSSR count). The van der Waals surface area contributed by atoms with Gasteiger partial charge in [-0.2, -0.15) is 0 Å². The van der Waals surface area contributed by atoms with E-state index in [2.05, 4.69) is 10.6 Å². The lowest BCUT2D eigenvalue weighted by Crippen LogP contribution is -2.19. The molecule has 0 unspecified atom stereocenters. The van der Waals surface area contributed by atoms with Gasteiger partial charge in [-0.1, -0.05) is 35.9 Å². The van der Waals surface area contributed by atoms with Gasteiger partial charge in [-0.05, 0) is 42.9 Å². The number of nitrogens with one attached hydrogen (secondary N) is 2.